The number of nitrogens with one attached hydrogen (secondary N) is 1. The molecule has 1 aliphatic heterocycles. The third-order valence-corrected chi connectivity index (χ3v) is 2.85. The highest BCUT2D eigenvalue weighted by molar-refractivity contribution is 5.81. The highest BCUT2D eigenvalue weighted by atomic mass is 16.5. The molecule has 0 aromatic carbocycles. The highest BCUT2D eigenvalue weighted by Gasteiger charge is 2.24. The molecular weight excluding hydrogens is 180 g/mol. The summed E-state index contributed by atoms with van der Waals surface area (Å²) in [5, 5.41) is 2.86. The molecule has 0 bridgehead atoms. The molecule has 0 saturated carbocycles. The number of ether oxygens (including phenoxy) is 1. The third kappa shape index (κ3) is 2.96. The van der Waals surface area contributed by atoms with E-state index in [1.165, 1.54) is 0 Å². The summed E-state index contributed by atoms with van der Waals surface area (Å²) in [6.07, 6.45) is 1.97. The lowest BCUT2D eigenvalue weighted by Crippen LogP contribution is -2.42. The minimum Gasteiger partial charge on any atom is -0.378 e. The third-order valence-electron chi connectivity index (χ3n) is 2.85. The molecule has 1 fully saturated rings. The molecule has 3 unspecified atom stereocenters. The van der Waals surface area contributed by atoms with E-state index in [0.29, 0.717) is 18.9 Å². The van der Waals surface area contributed by atoms with Gasteiger partial charge in [0.15, 0.2) is 0 Å². The lowest BCUT2D eigenvalue weighted by Gasteiger charge is -2.16. The molecule has 4 heteroatoms. The van der Waals surface area contributed by atoms with E-state index in [1.54, 1.807) is 0 Å². The zero-order chi connectivity index (χ0) is 10.6. The maximum Gasteiger partial charge on any atom is 0.236 e. The van der Waals surface area contributed by atoms with Gasteiger partial charge in [0.25, 0.3) is 0 Å². The standard InChI is InChI=1S/C10H20N2O2/c1-3-9(11)10(13)12-6-8-4-5-14-7(8)2/h7-9H,3-6,11H2,1-2H3,(H,12,13). The van der Waals surface area contributed by atoms with Crippen LogP contribution in [0, 0.1) is 5.92 Å². The summed E-state index contributed by atoms with van der Waals surface area (Å²) in [5.74, 6) is 0.398. The first-order valence-corrected chi connectivity index (χ1v) is 5.30. The van der Waals surface area contributed by atoms with E-state index in [2.05, 4.69) is 5.32 Å². The van der Waals surface area contributed by atoms with Gasteiger partial charge in [0, 0.05) is 19.1 Å². The Kier molecular flexibility index (Phi) is 4.35. The maximum atomic E-state index is 11.4. The van der Waals surface area contributed by atoms with Crippen molar-refractivity contribution in [1.82, 2.24) is 5.32 Å². The molecule has 1 heterocycles. The van der Waals surface area contributed by atoms with E-state index in [4.69, 9.17) is 10.5 Å². The molecule has 3 atom stereocenters. The van der Waals surface area contributed by atoms with Gasteiger partial charge in [-0.25, -0.2) is 0 Å². The summed E-state index contributed by atoms with van der Waals surface area (Å²) in [5.41, 5.74) is 5.59. The minimum atomic E-state index is -0.368. The van der Waals surface area contributed by atoms with Crippen LogP contribution in [0.4, 0.5) is 0 Å². The molecular formula is C10H20N2O2. The van der Waals surface area contributed by atoms with Crippen LogP contribution >= 0.6 is 0 Å². The lowest BCUT2D eigenvalue weighted by atomic mass is 10.0. The van der Waals surface area contributed by atoms with Gasteiger partial charge in [-0.3, -0.25) is 4.79 Å². The van der Waals surface area contributed by atoms with E-state index >= 15 is 0 Å². The number of hydrogen-bond donors (Lipinski definition) is 2. The van der Waals surface area contributed by atoms with Crippen LogP contribution in [0.3, 0.4) is 0 Å². The Labute approximate surface area is 85.2 Å². The Morgan fingerprint density at radius 1 is 1.71 bits per heavy atom. The van der Waals surface area contributed by atoms with Gasteiger partial charge >= 0.3 is 0 Å². The fourth-order valence-electron chi connectivity index (χ4n) is 1.59. The van der Waals surface area contributed by atoms with E-state index in [0.717, 1.165) is 13.0 Å². The first-order chi connectivity index (χ1) is 6.65. The van der Waals surface area contributed by atoms with Crippen LogP contribution < -0.4 is 11.1 Å². The molecule has 0 aromatic rings. The van der Waals surface area contributed by atoms with Crippen LogP contribution in [0.2, 0.25) is 0 Å². The summed E-state index contributed by atoms with van der Waals surface area (Å²) < 4.78 is 5.40. The van der Waals surface area contributed by atoms with Crippen LogP contribution in [0.1, 0.15) is 26.7 Å². The number of carbonyl (C=O) groups is 1. The van der Waals surface area contributed by atoms with E-state index in [9.17, 15) is 4.79 Å². The van der Waals surface area contributed by atoms with E-state index < -0.39 is 0 Å². The number of hydrogen-bond acceptors (Lipinski definition) is 3. The van der Waals surface area contributed by atoms with Crippen LogP contribution in [-0.4, -0.2) is 31.2 Å². The van der Waals surface area contributed by atoms with Gasteiger partial charge in [-0.2, -0.15) is 0 Å². The molecule has 0 spiro atoms. The maximum absolute atomic E-state index is 11.4. The van der Waals surface area contributed by atoms with Crippen molar-refractivity contribution < 1.29 is 9.53 Å². The highest BCUT2D eigenvalue weighted by Crippen LogP contribution is 2.19. The van der Waals surface area contributed by atoms with Gasteiger partial charge in [0.05, 0.1) is 12.1 Å². The Bertz CT molecular complexity index is 197. The topological polar surface area (TPSA) is 64.4 Å². The number of carbonyl (C=O) groups excluding carboxylic acids is 1. The first-order valence-electron chi connectivity index (χ1n) is 5.30. The molecule has 0 aromatic heterocycles. The quantitative estimate of drug-likeness (QED) is 0.684. The molecule has 0 aliphatic carbocycles. The fourth-order valence-corrected chi connectivity index (χ4v) is 1.59. The summed E-state index contributed by atoms with van der Waals surface area (Å²) in [6.45, 7) is 5.45. The van der Waals surface area contributed by atoms with Gasteiger partial charge in [-0.1, -0.05) is 6.92 Å². The number of amides is 1. The Balaban J connectivity index is 2.22. The van der Waals surface area contributed by atoms with Crippen molar-refractivity contribution in [2.75, 3.05) is 13.2 Å². The average Bonchev–Trinajstić information content (AvgIpc) is 2.59. The van der Waals surface area contributed by atoms with Crippen molar-refractivity contribution in [3.05, 3.63) is 0 Å². The summed E-state index contributed by atoms with van der Waals surface area (Å²) in [7, 11) is 0. The Hall–Kier alpha value is -0.610. The van der Waals surface area contributed by atoms with Crippen LogP contribution in [0.5, 0.6) is 0 Å². The molecule has 0 radical (unpaired) electrons. The smallest absolute Gasteiger partial charge is 0.236 e. The molecule has 4 nitrogen and oxygen atoms in total. The molecule has 14 heavy (non-hydrogen) atoms. The van der Waals surface area contributed by atoms with Crippen LogP contribution in [-0.2, 0) is 9.53 Å². The number of rotatable bonds is 4. The average molecular weight is 200 g/mol. The fraction of sp³-hybridized carbons (Fsp3) is 0.900. The van der Waals surface area contributed by atoms with E-state index in [1.807, 2.05) is 13.8 Å². The first kappa shape index (κ1) is 11.5. The van der Waals surface area contributed by atoms with Gasteiger partial charge in [-0.15, -0.1) is 0 Å². The summed E-state index contributed by atoms with van der Waals surface area (Å²) in [6, 6.07) is -0.368. The Morgan fingerprint density at radius 3 is 2.93 bits per heavy atom. The van der Waals surface area contributed by atoms with Crippen molar-refractivity contribution >= 4 is 5.91 Å². The van der Waals surface area contributed by atoms with E-state index in [-0.39, 0.29) is 18.1 Å². The SMILES string of the molecule is CCC(N)C(=O)NCC1CCOC1C. The van der Waals surface area contributed by atoms with Crippen LogP contribution in [0.15, 0.2) is 0 Å². The van der Waals surface area contributed by atoms with Gasteiger partial charge in [0.1, 0.15) is 0 Å². The van der Waals surface area contributed by atoms with Crippen LogP contribution in [0.25, 0.3) is 0 Å². The van der Waals surface area contributed by atoms with Crippen molar-refractivity contribution in [2.24, 2.45) is 11.7 Å². The molecule has 1 amide bonds. The monoisotopic (exact) mass is 200 g/mol. The van der Waals surface area contributed by atoms with Crippen molar-refractivity contribution in [2.45, 2.75) is 38.8 Å². The van der Waals surface area contributed by atoms with Gasteiger partial charge < -0.3 is 15.8 Å². The second kappa shape index (κ2) is 5.32. The largest absolute Gasteiger partial charge is 0.378 e. The van der Waals surface area contributed by atoms with Gasteiger partial charge in [0.2, 0.25) is 5.91 Å². The van der Waals surface area contributed by atoms with Crippen molar-refractivity contribution in [1.29, 1.82) is 0 Å². The zero-order valence-corrected chi connectivity index (χ0v) is 8.95. The molecule has 1 rings (SSSR count). The summed E-state index contributed by atoms with van der Waals surface area (Å²) in [4.78, 5) is 11.4. The second-order valence-corrected chi connectivity index (χ2v) is 3.88. The summed E-state index contributed by atoms with van der Waals surface area (Å²) >= 11 is 0. The zero-order valence-electron chi connectivity index (χ0n) is 8.95. The molecule has 3 N–H and O–H groups in total. The van der Waals surface area contributed by atoms with Crippen molar-refractivity contribution in [3.63, 3.8) is 0 Å². The second-order valence-electron chi connectivity index (χ2n) is 3.88. The number of nitrogens with two attached hydrogens (primary N) is 1. The predicted octanol–water partition coefficient (Wildman–Crippen LogP) is 0.265. The molecule has 82 valence electrons. The minimum absolute atomic E-state index is 0.0494. The Morgan fingerprint density at radius 2 is 2.43 bits per heavy atom. The predicted molar refractivity (Wildman–Crippen MR) is 54.8 cm³/mol. The lowest BCUT2D eigenvalue weighted by molar-refractivity contribution is -0.122. The molecule has 1 aliphatic rings. The normalized spacial score (nSPS) is 28.8. The van der Waals surface area contributed by atoms with Crippen molar-refractivity contribution in [3.8, 4) is 0 Å². The molecule has 1 saturated heterocycles. The van der Waals surface area contributed by atoms with Gasteiger partial charge in [-0.05, 0) is 19.8 Å².